The van der Waals surface area contributed by atoms with Crippen LogP contribution in [0.3, 0.4) is 0 Å². The van der Waals surface area contributed by atoms with E-state index in [0.29, 0.717) is 11.1 Å². The minimum atomic E-state index is -0.794. The number of likely N-dealkylation sites (tertiary alicyclic amines) is 1. The monoisotopic (exact) mass is 494 g/mol. The van der Waals surface area contributed by atoms with Gasteiger partial charge in [0.25, 0.3) is 11.7 Å². The number of aliphatic hydroxyl groups is 1. The Bertz CT molecular complexity index is 1580. The molecule has 1 unspecified atom stereocenters. The van der Waals surface area contributed by atoms with Gasteiger partial charge in [-0.1, -0.05) is 42.5 Å². The van der Waals surface area contributed by atoms with Crippen molar-refractivity contribution in [2.24, 2.45) is 0 Å². The third-order valence-electron chi connectivity index (χ3n) is 7.64. The lowest BCUT2D eigenvalue weighted by Gasteiger charge is -2.26. The van der Waals surface area contributed by atoms with Crippen molar-refractivity contribution in [2.45, 2.75) is 45.2 Å². The Kier molecular flexibility index (Phi) is 5.67. The van der Waals surface area contributed by atoms with Gasteiger partial charge in [0.05, 0.1) is 11.6 Å². The maximum atomic E-state index is 13.6. The van der Waals surface area contributed by atoms with Crippen molar-refractivity contribution < 1.29 is 19.1 Å². The van der Waals surface area contributed by atoms with Gasteiger partial charge in [0.15, 0.2) is 0 Å². The van der Waals surface area contributed by atoms with Crippen LogP contribution in [0.15, 0.2) is 72.3 Å². The van der Waals surface area contributed by atoms with Crippen LogP contribution < -0.4 is 0 Å². The Labute approximate surface area is 214 Å². The van der Waals surface area contributed by atoms with Crippen LogP contribution in [0.4, 0.5) is 4.39 Å². The van der Waals surface area contributed by atoms with E-state index >= 15 is 0 Å². The van der Waals surface area contributed by atoms with Crippen molar-refractivity contribution in [3.05, 3.63) is 112 Å². The average molecular weight is 495 g/mol. The molecule has 1 saturated heterocycles. The normalized spacial score (nSPS) is 19.0. The number of hydrogen-bond donors (Lipinski definition) is 2. The molecular weight excluding hydrogens is 467 g/mol. The molecule has 37 heavy (non-hydrogen) atoms. The Hall–Kier alpha value is -4.19. The number of carbonyl (C=O) groups is 2. The first-order chi connectivity index (χ1) is 17.9. The van der Waals surface area contributed by atoms with Crippen LogP contribution in [-0.4, -0.2) is 26.7 Å². The van der Waals surface area contributed by atoms with Crippen LogP contribution in [0.1, 0.15) is 52.4 Å². The van der Waals surface area contributed by atoms with Gasteiger partial charge >= 0.3 is 0 Å². The van der Waals surface area contributed by atoms with Gasteiger partial charge in [0, 0.05) is 34.3 Å². The highest BCUT2D eigenvalue weighted by Crippen LogP contribution is 2.44. The number of aryl methyl sites for hydroxylation is 3. The summed E-state index contributed by atoms with van der Waals surface area (Å²) in [7, 11) is 0. The first-order valence-electron chi connectivity index (χ1n) is 12.6. The first-order valence-corrected chi connectivity index (χ1v) is 12.6. The molecule has 6 heteroatoms. The first kappa shape index (κ1) is 23.2. The number of hydrogen-bond acceptors (Lipinski definition) is 3. The number of aromatic amines is 1. The number of nitrogens with zero attached hydrogens (tertiary/aromatic N) is 1. The number of aromatic nitrogens is 1. The van der Waals surface area contributed by atoms with Crippen LogP contribution in [-0.2, 0) is 29.0 Å². The number of benzene rings is 3. The highest BCUT2D eigenvalue weighted by molar-refractivity contribution is 6.46. The molecule has 1 amide bonds. The van der Waals surface area contributed by atoms with Crippen LogP contribution in [0, 0.1) is 12.7 Å². The molecule has 0 saturated carbocycles. The van der Waals surface area contributed by atoms with E-state index in [4.69, 9.17) is 0 Å². The molecule has 1 atom stereocenters. The van der Waals surface area contributed by atoms with E-state index in [-0.39, 0.29) is 23.7 Å². The molecule has 4 aromatic rings. The van der Waals surface area contributed by atoms with E-state index in [1.165, 1.54) is 28.2 Å². The van der Waals surface area contributed by atoms with Crippen LogP contribution in [0.25, 0.3) is 16.7 Å². The van der Waals surface area contributed by atoms with E-state index < -0.39 is 17.7 Å². The number of ketones is 1. The summed E-state index contributed by atoms with van der Waals surface area (Å²) in [6.45, 7) is 2.02. The summed E-state index contributed by atoms with van der Waals surface area (Å²) in [5.41, 5.74) is 6.23. The predicted molar refractivity (Wildman–Crippen MR) is 140 cm³/mol. The Morgan fingerprint density at radius 3 is 2.51 bits per heavy atom. The second-order valence-electron chi connectivity index (χ2n) is 9.95. The lowest BCUT2D eigenvalue weighted by atomic mass is 9.88. The van der Waals surface area contributed by atoms with Crippen LogP contribution >= 0.6 is 0 Å². The Morgan fingerprint density at radius 1 is 1.00 bits per heavy atom. The van der Waals surface area contributed by atoms with Gasteiger partial charge in [-0.2, -0.15) is 0 Å². The summed E-state index contributed by atoms with van der Waals surface area (Å²) in [6.07, 6.45) is 4.17. The summed E-state index contributed by atoms with van der Waals surface area (Å²) < 4.78 is 13.6. The lowest BCUT2D eigenvalue weighted by Crippen LogP contribution is -2.29. The van der Waals surface area contributed by atoms with Crippen molar-refractivity contribution in [1.29, 1.82) is 0 Å². The summed E-state index contributed by atoms with van der Waals surface area (Å²) in [6, 6.07) is 18.6. The fourth-order valence-electron chi connectivity index (χ4n) is 5.82. The van der Waals surface area contributed by atoms with Gasteiger partial charge < -0.3 is 15.0 Å². The molecule has 1 aromatic heterocycles. The van der Waals surface area contributed by atoms with Crippen molar-refractivity contribution in [2.75, 3.05) is 0 Å². The van der Waals surface area contributed by atoms with Gasteiger partial charge in [0.2, 0.25) is 0 Å². The number of carbonyl (C=O) groups excluding carboxylic acids is 2. The molecule has 0 radical (unpaired) electrons. The number of Topliss-reactive ketones (excluding diaryl/α,β-unsaturated/α-hetero) is 1. The lowest BCUT2D eigenvalue weighted by molar-refractivity contribution is -0.140. The molecular formula is C31H27FN2O3. The van der Waals surface area contributed by atoms with Gasteiger partial charge in [0.1, 0.15) is 11.6 Å². The third-order valence-corrected chi connectivity index (χ3v) is 7.64. The zero-order chi connectivity index (χ0) is 25.7. The zero-order valence-electron chi connectivity index (χ0n) is 20.6. The molecule has 2 N–H and O–H groups in total. The molecule has 2 aliphatic rings. The van der Waals surface area contributed by atoms with Crippen LogP contribution in [0.5, 0.6) is 0 Å². The van der Waals surface area contributed by atoms with E-state index in [1.807, 2.05) is 49.4 Å². The molecule has 0 spiro atoms. The topological polar surface area (TPSA) is 73.4 Å². The quantitative estimate of drug-likeness (QED) is 0.204. The molecule has 5 nitrogen and oxygen atoms in total. The van der Waals surface area contributed by atoms with Crippen LogP contribution in [0.2, 0.25) is 0 Å². The number of halogens is 1. The number of rotatable bonds is 4. The van der Waals surface area contributed by atoms with Gasteiger partial charge in [-0.15, -0.1) is 0 Å². The van der Waals surface area contributed by atoms with E-state index in [2.05, 4.69) is 4.98 Å². The zero-order valence-corrected chi connectivity index (χ0v) is 20.6. The molecule has 1 aliphatic carbocycles. The van der Waals surface area contributed by atoms with Crippen molar-refractivity contribution in [1.82, 2.24) is 9.88 Å². The number of H-pyrrole nitrogens is 1. The third kappa shape index (κ3) is 3.93. The van der Waals surface area contributed by atoms with Gasteiger partial charge in [-0.05, 0) is 73.6 Å². The average Bonchev–Trinajstić information content (AvgIpc) is 3.36. The minimum absolute atomic E-state index is 0.0794. The highest BCUT2D eigenvalue weighted by atomic mass is 19.1. The van der Waals surface area contributed by atoms with Crippen molar-refractivity contribution >= 4 is 28.4 Å². The summed E-state index contributed by atoms with van der Waals surface area (Å²) >= 11 is 0. The van der Waals surface area contributed by atoms with Gasteiger partial charge in [-0.3, -0.25) is 9.59 Å². The fourth-order valence-corrected chi connectivity index (χ4v) is 5.82. The maximum Gasteiger partial charge on any atom is 0.295 e. The summed E-state index contributed by atoms with van der Waals surface area (Å²) in [5.74, 6) is -1.93. The molecule has 6 rings (SSSR count). The number of fused-ring (bicyclic) bond motifs is 2. The Balaban J connectivity index is 1.54. The summed E-state index contributed by atoms with van der Waals surface area (Å²) in [5, 5.41) is 12.5. The van der Waals surface area contributed by atoms with E-state index in [1.54, 1.807) is 12.1 Å². The second kappa shape index (κ2) is 9.04. The second-order valence-corrected chi connectivity index (χ2v) is 9.95. The fraction of sp³-hybridized carbons (Fsp3) is 0.226. The predicted octanol–water partition coefficient (Wildman–Crippen LogP) is 6.12. The van der Waals surface area contributed by atoms with Crippen molar-refractivity contribution in [3.63, 3.8) is 0 Å². The largest absolute Gasteiger partial charge is 0.507 e. The molecule has 2 heterocycles. The number of para-hydroxylation sites is 1. The highest BCUT2D eigenvalue weighted by Gasteiger charge is 2.47. The molecule has 0 bridgehead atoms. The molecule has 1 aliphatic heterocycles. The van der Waals surface area contributed by atoms with E-state index in [9.17, 15) is 19.1 Å². The SMILES string of the molecule is Cc1[nH]c2ccccc2c1C1/C(=C(\O)c2ccc3c(c2)CCCC3)C(=O)C(=O)N1Cc1ccc(F)cc1. The molecule has 1 fully saturated rings. The number of aliphatic hydroxyl groups excluding tert-OH is 1. The molecule has 186 valence electrons. The summed E-state index contributed by atoms with van der Waals surface area (Å²) in [4.78, 5) is 31.8. The number of nitrogens with one attached hydrogen (secondary N) is 1. The van der Waals surface area contributed by atoms with E-state index in [0.717, 1.165) is 47.8 Å². The molecule has 3 aromatic carbocycles. The number of amides is 1. The van der Waals surface area contributed by atoms with Gasteiger partial charge in [-0.25, -0.2) is 4.39 Å². The standard InChI is InChI=1S/C31H27FN2O3/c1-18-26(24-8-4-5-9-25(24)33-18)28-27(29(35)22-13-12-20-6-2-3-7-21(20)16-22)30(36)31(37)34(28)17-19-10-14-23(32)15-11-19/h4-5,8-16,28,33,35H,2-3,6-7,17H2,1H3/b29-27+. The minimum Gasteiger partial charge on any atom is -0.507 e. The van der Waals surface area contributed by atoms with Crippen molar-refractivity contribution in [3.8, 4) is 0 Å². The smallest absolute Gasteiger partial charge is 0.295 e. The maximum absolute atomic E-state index is 13.6. The Morgan fingerprint density at radius 2 is 1.73 bits per heavy atom.